The fourth-order valence-electron chi connectivity index (χ4n) is 4.43. The average Bonchev–Trinajstić information content (AvgIpc) is 2.84. The molecule has 0 amide bonds. The highest BCUT2D eigenvalue weighted by molar-refractivity contribution is 5.87. The van der Waals surface area contributed by atoms with Gasteiger partial charge in [-0.2, -0.15) is 0 Å². The van der Waals surface area contributed by atoms with Gasteiger partial charge in [-0.25, -0.2) is 4.79 Å². The van der Waals surface area contributed by atoms with Gasteiger partial charge in [-0.3, -0.25) is 0 Å². The Kier molecular flexibility index (Phi) is 9.07. The molecule has 0 atom stereocenters. The van der Waals surface area contributed by atoms with Crippen molar-refractivity contribution in [1.29, 1.82) is 0 Å². The Balaban J connectivity index is 1.81. The number of ether oxygens (including phenoxy) is 1. The average molecular weight is 437 g/mol. The number of hydrogen-bond acceptors (Lipinski definition) is 4. The summed E-state index contributed by atoms with van der Waals surface area (Å²) in [6.45, 7) is 5.60. The van der Waals surface area contributed by atoms with Gasteiger partial charge in [-0.05, 0) is 66.3 Å². The molecule has 172 valence electrons. The highest BCUT2D eigenvalue weighted by Crippen LogP contribution is 2.35. The predicted molar refractivity (Wildman–Crippen MR) is 128 cm³/mol. The van der Waals surface area contributed by atoms with Gasteiger partial charge >= 0.3 is 5.97 Å². The lowest BCUT2D eigenvalue weighted by Gasteiger charge is -2.23. The van der Waals surface area contributed by atoms with Crippen molar-refractivity contribution in [2.45, 2.75) is 64.4 Å². The van der Waals surface area contributed by atoms with E-state index in [0.717, 1.165) is 29.5 Å². The summed E-state index contributed by atoms with van der Waals surface area (Å²) in [4.78, 5) is 12.0. The van der Waals surface area contributed by atoms with E-state index in [9.17, 15) is 15.0 Å². The van der Waals surface area contributed by atoms with E-state index in [4.69, 9.17) is 4.74 Å². The minimum absolute atomic E-state index is 0.00812. The Bertz CT molecular complexity index is 890. The van der Waals surface area contributed by atoms with Crippen molar-refractivity contribution >= 4 is 5.97 Å². The maximum Gasteiger partial charge on any atom is 0.333 e. The molecule has 2 aromatic carbocycles. The van der Waals surface area contributed by atoms with Crippen LogP contribution >= 0.6 is 0 Å². The minimum Gasteiger partial charge on any atom is -0.457 e. The van der Waals surface area contributed by atoms with Crippen molar-refractivity contribution in [3.05, 3.63) is 71.3 Å². The van der Waals surface area contributed by atoms with Gasteiger partial charge in [-0.15, -0.1) is 0 Å². The van der Waals surface area contributed by atoms with E-state index >= 15 is 0 Å². The molecular weight excluding hydrogens is 400 g/mol. The van der Waals surface area contributed by atoms with Gasteiger partial charge in [-0.1, -0.05) is 68.3 Å². The molecule has 2 aromatic rings. The fraction of sp³-hybridized carbons (Fsp3) is 0.464. The standard InChI is InChI=1S/C28H36O4/c1-20(2)28(31)32-19-26-16-25(23-6-4-3-5-7-23)14-15-27(26)24-12-10-21(11-13-24)8-9-22(17-29)18-30/h10-16,22-23,29-30H,1,3-9,17-19H2,2H3. The largest absolute Gasteiger partial charge is 0.457 e. The molecule has 1 aliphatic rings. The monoisotopic (exact) mass is 436 g/mol. The number of carbonyl (C=O) groups excluding carboxylic acids is 1. The summed E-state index contributed by atoms with van der Waals surface area (Å²) in [5, 5.41) is 18.5. The molecule has 4 heteroatoms. The van der Waals surface area contributed by atoms with Crippen LogP contribution in [0.4, 0.5) is 0 Å². The van der Waals surface area contributed by atoms with E-state index in [1.165, 1.54) is 43.2 Å². The van der Waals surface area contributed by atoms with Gasteiger partial charge in [0.2, 0.25) is 0 Å². The summed E-state index contributed by atoms with van der Waals surface area (Å²) in [5.41, 5.74) is 6.11. The van der Waals surface area contributed by atoms with Crippen molar-refractivity contribution in [2.75, 3.05) is 13.2 Å². The molecule has 0 saturated heterocycles. The maximum absolute atomic E-state index is 12.0. The summed E-state index contributed by atoms with van der Waals surface area (Å²) in [6.07, 6.45) is 7.90. The molecule has 0 aromatic heterocycles. The van der Waals surface area contributed by atoms with Gasteiger partial charge in [0.15, 0.2) is 0 Å². The lowest BCUT2D eigenvalue weighted by molar-refractivity contribution is -0.140. The third kappa shape index (κ3) is 6.54. The third-order valence-electron chi connectivity index (χ3n) is 6.54. The molecule has 0 heterocycles. The molecule has 32 heavy (non-hydrogen) atoms. The van der Waals surface area contributed by atoms with Crippen LogP contribution < -0.4 is 0 Å². The van der Waals surface area contributed by atoms with Gasteiger partial charge < -0.3 is 14.9 Å². The zero-order chi connectivity index (χ0) is 22.9. The van der Waals surface area contributed by atoms with Gasteiger partial charge in [0.25, 0.3) is 0 Å². The van der Waals surface area contributed by atoms with Crippen LogP contribution in [0.2, 0.25) is 0 Å². The van der Waals surface area contributed by atoms with Crippen molar-refractivity contribution < 1.29 is 19.7 Å². The van der Waals surface area contributed by atoms with Gasteiger partial charge in [0, 0.05) is 24.7 Å². The van der Waals surface area contributed by atoms with E-state index in [1.54, 1.807) is 6.92 Å². The topological polar surface area (TPSA) is 66.8 Å². The molecule has 0 spiro atoms. The Labute approximate surface area is 191 Å². The van der Waals surface area contributed by atoms with Crippen molar-refractivity contribution in [1.82, 2.24) is 0 Å². The zero-order valence-electron chi connectivity index (χ0n) is 19.2. The lowest BCUT2D eigenvalue weighted by Crippen LogP contribution is -2.11. The van der Waals surface area contributed by atoms with Crippen LogP contribution in [0.25, 0.3) is 11.1 Å². The number of hydrogen-bond donors (Lipinski definition) is 2. The Morgan fingerprint density at radius 2 is 1.75 bits per heavy atom. The molecule has 0 unspecified atom stereocenters. The van der Waals surface area contributed by atoms with Crippen LogP contribution in [0.3, 0.4) is 0 Å². The number of rotatable bonds is 10. The van der Waals surface area contributed by atoms with Crippen molar-refractivity contribution in [2.24, 2.45) is 5.92 Å². The maximum atomic E-state index is 12.0. The summed E-state index contributed by atoms with van der Waals surface area (Å²) < 4.78 is 5.52. The molecule has 0 aliphatic heterocycles. The first kappa shape index (κ1) is 24.2. The second-order valence-electron chi connectivity index (χ2n) is 9.07. The SMILES string of the molecule is C=C(C)C(=O)OCc1cc(C2CCCCC2)ccc1-c1ccc(CCC(CO)CO)cc1. The number of carbonyl (C=O) groups is 1. The minimum atomic E-state index is -0.364. The molecule has 2 N–H and O–H groups in total. The summed E-state index contributed by atoms with van der Waals surface area (Å²) in [7, 11) is 0. The highest BCUT2D eigenvalue weighted by atomic mass is 16.5. The summed E-state index contributed by atoms with van der Waals surface area (Å²) >= 11 is 0. The number of esters is 1. The number of aliphatic hydroxyl groups excluding tert-OH is 2. The predicted octanol–water partition coefficient (Wildman–Crippen LogP) is 5.55. The quantitative estimate of drug-likeness (QED) is 0.378. The summed E-state index contributed by atoms with van der Waals surface area (Å²) in [5.74, 6) is 0.148. The van der Waals surface area contributed by atoms with Crippen LogP contribution in [-0.4, -0.2) is 29.4 Å². The number of aliphatic hydroxyl groups is 2. The molecule has 0 bridgehead atoms. The van der Waals surface area contributed by atoms with Crippen LogP contribution in [0.1, 0.15) is 68.1 Å². The van der Waals surface area contributed by atoms with Crippen LogP contribution in [0.15, 0.2) is 54.6 Å². The first-order valence-corrected chi connectivity index (χ1v) is 11.8. The van der Waals surface area contributed by atoms with E-state index in [2.05, 4.69) is 49.0 Å². The first-order valence-electron chi connectivity index (χ1n) is 11.8. The van der Waals surface area contributed by atoms with Gasteiger partial charge in [0.05, 0.1) is 0 Å². The number of benzene rings is 2. The molecule has 4 nitrogen and oxygen atoms in total. The van der Waals surface area contributed by atoms with E-state index in [-0.39, 0.29) is 31.7 Å². The third-order valence-corrected chi connectivity index (χ3v) is 6.54. The van der Waals surface area contributed by atoms with Crippen molar-refractivity contribution in [3.8, 4) is 11.1 Å². The smallest absolute Gasteiger partial charge is 0.333 e. The molecule has 1 fully saturated rings. The van der Waals surface area contributed by atoms with Crippen LogP contribution in [0.5, 0.6) is 0 Å². The molecule has 1 saturated carbocycles. The molecule has 0 radical (unpaired) electrons. The normalized spacial score (nSPS) is 14.5. The van der Waals surface area contributed by atoms with Gasteiger partial charge in [0.1, 0.15) is 6.61 Å². The molecule has 3 rings (SSSR count). The second kappa shape index (κ2) is 12.0. The second-order valence-corrected chi connectivity index (χ2v) is 9.07. The zero-order valence-corrected chi connectivity index (χ0v) is 19.2. The van der Waals surface area contributed by atoms with E-state index in [0.29, 0.717) is 11.5 Å². The Morgan fingerprint density at radius 1 is 1.06 bits per heavy atom. The lowest BCUT2D eigenvalue weighted by atomic mass is 9.82. The highest BCUT2D eigenvalue weighted by Gasteiger charge is 2.18. The fourth-order valence-corrected chi connectivity index (χ4v) is 4.43. The van der Waals surface area contributed by atoms with E-state index < -0.39 is 0 Å². The Morgan fingerprint density at radius 3 is 2.38 bits per heavy atom. The Hall–Kier alpha value is -2.43. The van der Waals surface area contributed by atoms with Crippen LogP contribution in [-0.2, 0) is 22.6 Å². The van der Waals surface area contributed by atoms with Crippen molar-refractivity contribution in [3.63, 3.8) is 0 Å². The van der Waals surface area contributed by atoms with Crippen LogP contribution in [0, 0.1) is 5.92 Å². The van der Waals surface area contributed by atoms with E-state index in [1.807, 2.05) is 0 Å². The summed E-state index contributed by atoms with van der Waals surface area (Å²) in [6, 6.07) is 15.0. The first-order chi connectivity index (χ1) is 15.5. The molecular formula is C28H36O4. The molecule has 1 aliphatic carbocycles. The number of aryl methyl sites for hydroxylation is 1.